The standard InChI is InChI=1S/C20H19NO3/c1-23-20(22)18-14-21(19-11-6-5-10-17(18)19)12-7-13-24-15-16-8-3-2-4-9-16/h2-12,14H,13,15H2,1H3/b12-7-. The van der Waals surface area contributed by atoms with Gasteiger partial charge in [-0.1, -0.05) is 48.5 Å². The summed E-state index contributed by atoms with van der Waals surface area (Å²) in [4.78, 5) is 11.9. The molecule has 1 heterocycles. The first-order valence-electron chi connectivity index (χ1n) is 7.76. The second-order valence-corrected chi connectivity index (χ2v) is 5.34. The van der Waals surface area contributed by atoms with Gasteiger partial charge in [0, 0.05) is 17.8 Å². The van der Waals surface area contributed by atoms with Gasteiger partial charge in [-0.3, -0.25) is 0 Å². The highest BCUT2D eigenvalue weighted by atomic mass is 16.5. The fourth-order valence-electron chi connectivity index (χ4n) is 2.58. The topological polar surface area (TPSA) is 40.5 Å². The molecule has 1 aromatic heterocycles. The van der Waals surface area contributed by atoms with Crippen LogP contribution >= 0.6 is 0 Å². The average molecular weight is 321 g/mol. The van der Waals surface area contributed by atoms with Crippen LogP contribution in [0.1, 0.15) is 15.9 Å². The molecular weight excluding hydrogens is 302 g/mol. The molecule has 0 saturated carbocycles. The van der Waals surface area contributed by atoms with Gasteiger partial charge in [0.2, 0.25) is 0 Å². The van der Waals surface area contributed by atoms with Crippen molar-refractivity contribution in [2.24, 2.45) is 0 Å². The lowest BCUT2D eigenvalue weighted by Gasteiger charge is -2.01. The fourth-order valence-corrected chi connectivity index (χ4v) is 2.58. The van der Waals surface area contributed by atoms with Crippen LogP contribution in [-0.4, -0.2) is 24.3 Å². The number of esters is 1. The lowest BCUT2D eigenvalue weighted by Crippen LogP contribution is -1.99. The van der Waals surface area contributed by atoms with Gasteiger partial charge in [-0.15, -0.1) is 0 Å². The molecule has 2 aromatic carbocycles. The van der Waals surface area contributed by atoms with Crippen LogP contribution in [0.3, 0.4) is 0 Å². The average Bonchev–Trinajstić information content (AvgIpc) is 3.01. The van der Waals surface area contributed by atoms with Crippen LogP contribution in [0, 0.1) is 0 Å². The molecule has 0 amide bonds. The second kappa shape index (κ2) is 7.62. The molecule has 0 bridgehead atoms. The van der Waals surface area contributed by atoms with Crippen molar-refractivity contribution in [3.05, 3.63) is 78.0 Å². The van der Waals surface area contributed by atoms with Crippen molar-refractivity contribution in [2.75, 3.05) is 13.7 Å². The Hall–Kier alpha value is -2.85. The summed E-state index contributed by atoms with van der Waals surface area (Å²) in [5.74, 6) is -0.335. The van der Waals surface area contributed by atoms with E-state index in [1.165, 1.54) is 7.11 Å². The highest BCUT2D eigenvalue weighted by Crippen LogP contribution is 2.22. The van der Waals surface area contributed by atoms with E-state index in [0.29, 0.717) is 18.8 Å². The molecule has 0 aliphatic carbocycles. The first-order chi connectivity index (χ1) is 11.8. The van der Waals surface area contributed by atoms with E-state index in [4.69, 9.17) is 9.47 Å². The molecule has 0 fully saturated rings. The Labute approximate surface area is 140 Å². The number of ether oxygens (including phenoxy) is 2. The maximum atomic E-state index is 11.9. The minimum atomic E-state index is -0.335. The van der Waals surface area contributed by atoms with Crippen LogP contribution in [0.15, 0.2) is 66.9 Å². The summed E-state index contributed by atoms with van der Waals surface area (Å²) in [6, 6.07) is 17.8. The lowest BCUT2D eigenvalue weighted by atomic mass is 10.2. The number of rotatable bonds is 6. The number of hydrogen-bond donors (Lipinski definition) is 0. The zero-order chi connectivity index (χ0) is 16.8. The smallest absolute Gasteiger partial charge is 0.340 e. The van der Waals surface area contributed by atoms with E-state index in [9.17, 15) is 4.79 Å². The van der Waals surface area contributed by atoms with E-state index in [0.717, 1.165) is 16.5 Å². The molecule has 0 aliphatic heterocycles. The van der Waals surface area contributed by atoms with Gasteiger partial charge in [0.25, 0.3) is 0 Å². The van der Waals surface area contributed by atoms with Crippen LogP contribution in [-0.2, 0) is 16.1 Å². The molecule has 0 aliphatic rings. The molecule has 3 rings (SSSR count). The van der Waals surface area contributed by atoms with Crippen LogP contribution in [0.4, 0.5) is 0 Å². The molecule has 122 valence electrons. The predicted octanol–water partition coefficient (Wildman–Crippen LogP) is 4.12. The van der Waals surface area contributed by atoms with E-state index in [2.05, 4.69) is 0 Å². The van der Waals surface area contributed by atoms with E-state index >= 15 is 0 Å². The Bertz CT molecular complexity index is 850. The number of carbonyl (C=O) groups is 1. The lowest BCUT2D eigenvalue weighted by molar-refractivity contribution is 0.0603. The summed E-state index contributed by atoms with van der Waals surface area (Å²) in [6.45, 7) is 1.07. The summed E-state index contributed by atoms with van der Waals surface area (Å²) in [6.07, 6.45) is 5.61. The third-order valence-corrected chi connectivity index (χ3v) is 3.74. The molecule has 0 saturated heterocycles. The molecule has 4 nitrogen and oxygen atoms in total. The van der Waals surface area contributed by atoms with E-state index < -0.39 is 0 Å². The van der Waals surface area contributed by atoms with Crippen LogP contribution < -0.4 is 0 Å². The number of hydrogen-bond acceptors (Lipinski definition) is 3. The Morgan fingerprint density at radius 2 is 1.83 bits per heavy atom. The SMILES string of the molecule is COC(=O)c1cn(/C=C\COCc2ccccc2)c2ccccc12. The van der Waals surface area contributed by atoms with Gasteiger partial charge in [-0.05, 0) is 17.7 Å². The highest BCUT2D eigenvalue weighted by Gasteiger charge is 2.13. The highest BCUT2D eigenvalue weighted by molar-refractivity contribution is 6.04. The van der Waals surface area contributed by atoms with E-state index in [1.54, 1.807) is 6.20 Å². The third kappa shape index (κ3) is 3.55. The largest absolute Gasteiger partial charge is 0.465 e. The van der Waals surface area contributed by atoms with Crippen molar-refractivity contribution in [1.29, 1.82) is 0 Å². The van der Waals surface area contributed by atoms with Gasteiger partial charge in [-0.2, -0.15) is 0 Å². The molecule has 0 N–H and O–H groups in total. The van der Waals surface area contributed by atoms with Crippen LogP contribution in [0.25, 0.3) is 17.1 Å². The minimum absolute atomic E-state index is 0.335. The summed E-state index contributed by atoms with van der Waals surface area (Å²) in [5, 5.41) is 0.874. The quantitative estimate of drug-likeness (QED) is 0.506. The Morgan fingerprint density at radius 1 is 1.08 bits per heavy atom. The minimum Gasteiger partial charge on any atom is -0.465 e. The van der Waals surface area contributed by atoms with Crippen LogP contribution in [0.5, 0.6) is 0 Å². The van der Waals surface area contributed by atoms with E-state index in [-0.39, 0.29) is 5.97 Å². The van der Waals surface area contributed by atoms with E-state index in [1.807, 2.05) is 71.4 Å². The zero-order valence-electron chi connectivity index (χ0n) is 13.5. The molecule has 3 aromatic rings. The number of fused-ring (bicyclic) bond motifs is 1. The van der Waals surface area contributed by atoms with Crippen molar-refractivity contribution >= 4 is 23.1 Å². The molecule has 0 radical (unpaired) electrons. The first kappa shape index (κ1) is 16.0. The number of nitrogens with zero attached hydrogens (tertiary/aromatic N) is 1. The number of aromatic nitrogens is 1. The van der Waals surface area contributed by atoms with Crippen molar-refractivity contribution < 1.29 is 14.3 Å². The summed E-state index contributed by atoms with van der Waals surface area (Å²) >= 11 is 0. The van der Waals surface area contributed by atoms with Crippen molar-refractivity contribution in [1.82, 2.24) is 4.57 Å². The molecule has 0 atom stereocenters. The Kier molecular flexibility index (Phi) is 5.08. The normalized spacial score (nSPS) is 11.2. The number of methoxy groups -OCH3 is 1. The summed E-state index contributed by atoms with van der Waals surface area (Å²) < 4.78 is 12.4. The zero-order valence-corrected chi connectivity index (χ0v) is 13.5. The summed E-state index contributed by atoms with van der Waals surface area (Å²) in [7, 11) is 1.39. The van der Waals surface area contributed by atoms with Crippen molar-refractivity contribution in [2.45, 2.75) is 6.61 Å². The third-order valence-electron chi connectivity index (χ3n) is 3.74. The predicted molar refractivity (Wildman–Crippen MR) is 94.7 cm³/mol. The Balaban J connectivity index is 1.69. The summed E-state index contributed by atoms with van der Waals surface area (Å²) in [5.41, 5.74) is 2.66. The maximum Gasteiger partial charge on any atom is 0.340 e. The maximum absolute atomic E-state index is 11.9. The molecule has 0 unspecified atom stereocenters. The van der Waals surface area contributed by atoms with Crippen LogP contribution in [0.2, 0.25) is 0 Å². The van der Waals surface area contributed by atoms with Gasteiger partial charge >= 0.3 is 5.97 Å². The van der Waals surface area contributed by atoms with Gasteiger partial charge in [0.1, 0.15) is 0 Å². The second-order valence-electron chi connectivity index (χ2n) is 5.34. The monoisotopic (exact) mass is 321 g/mol. The van der Waals surface area contributed by atoms with Gasteiger partial charge < -0.3 is 14.0 Å². The Morgan fingerprint density at radius 3 is 2.62 bits per heavy atom. The van der Waals surface area contributed by atoms with Crippen molar-refractivity contribution in [3.8, 4) is 0 Å². The number of para-hydroxylation sites is 1. The fraction of sp³-hybridized carbons (Fsp3) is 0.150. The van der Waals surface area contributed by atoms with Crippen molar-refractivity contribution in [3.63, 3.8) is 0 Å². The number of benzene rings is 2. The van der Waals surface area contributed by atoms with Gasteiger partial charge in [0.05, 0.1) is 31.4 Å². The molecule has 4 heteroatoms. The van der Waals surface area contributed by atoms with Gasteiger partial charge in [0.15, 0.2) is 0 Å². The first-order valence-corrected chi connectivity index (χ1v) is 7.76. The number of carbonyl (C=O) groups excluding carboxylic acids is 1. The molecule has 24 heavy (non-hydrogen) atoms. The van der Waals surface area contributed by atoms with Gasteiger partial charge in [-0.25, -0.2) is 4.79 Å². The molecule has 0 spiro atoms. The molecular formula is C20H19NO3.